The molecule has 0 aliphatic carbocycles. The van der Waals surface area contributed by atoms with Gasteiger partial charge in [0.2, 0.25) is 0 Å². The first-order valence-corrected chi connectivity index (χ1v) is 3.47. The number of piperidine rings is 1. The van der Waals surface area contributed by atoms with Crippen molar-refractivity contribution in [3.8, 4) is 0 Å². The molecule has 0 radical (unpaired) electrons. The lowest BCUT2D eigenvalue weighted by Gasteiger charge is -2.26. The molecule has 0 aromatic rings. The average molecular weight is 150 g/mol. The molecule has 0 spiro atoms. The molecule has 0 N–H and O–H groups in total. The molecule has 1 saturated heterocycles. The van der Waals surface area contributed by atoms with Gasteiger partial charge in [-0.2, -0.15) is 0 Å². The van der Waals surface area contributed by atoms with Crippen molar-refractivity contribution in [3.05, 3.63) is 0 Å². The Morgan fingerprint density at radius 3 is 2.00 bits per heavy atom. The molecular weight excluding hydrogens is 134 g/mol. The van der Waals surface area contributed by atoms with Crippen LogP contribution in [-0.4, -0.2) is 25.0 Å². The normalized spacial score (nSPS) is 23.3. The van der Waals surface area contributed by atoms with E-state index in [1.54, 1.807) is 0 Å². The van der Waals surface area contributed by atoms with Crippen LogP contribution in [0.5, 0.6) is 0 Å². The number of hydrogen-bond acceptors (Lipinski definition) is 1. The van der Waals surface area contributed by atoms with Crippen molar-refractivity contribution in [2.45, 2.75) is 19.8 Å². The minimum Gasteiger partial charge on any atom is -0.306 e. The average Bonchev–Trinajstić information content (AvgIpc) is 1.77. The molecule has 0 aromatic heterocycles. The molecule has 9 heavy (non-hydrogen) atoms. The van der Waals surface area contributed by atoms with Gasteiger partial charge in [0, 0.05) is 0 Å². The third-order valence-corrected chi connectivity index (χ3v) is 2.01. The third kappa shape index (κ3) is 3.07. The molecule has 1 aliphatic rings. The molecule has 1 heterocycles. The van der Waals surface area contributed by atoms with Gasteiger partial charge in [0.1, 0.15) is 0 Å². The third-order valence-electron chi connectivity index (χ3n) is 2.01. The van der Waals surface area contributed by atoms with Crippen LogP contribution in [0.25, 0.3) is 0 Å². The fourth-order valence-electron chi connectivity index (χ4n) is 1.14. The number of nitrogens with zero attached hydrogens (tertiary/aromatic N) is 1. The van der Waals surface area contributed by atoms with E-state index in [0.29, 0.717) is 0 Å². The van der Waals surface area contributed by atoms with Crippen LogP contribution < -0.4 is 0 Å². The molecule has 1 aliphatic heterocycles. The van der Waals surface area contributed by atoms with E-state index in [0.717, 1.165) is 5.92 Å². The summed E-state index contributed by atoms with van der Waals surface area (Å²) < 4.78 is 0. The van der Waals surface area contributed by atoms with E-state index >= 15 is 0 Å². The zero-order valence-corrected chi connectivity index (χ0v) is 7.08. The highest BCUT2D eigenvalue weighted by Gasteiger charge is 2.10. The molecule has 0 aromatic carbocycles. The van der Waals surface area contributed by atoms with Crippen LogP contribution in [0.4, 0.5) is 0 Å². The van der Waals surface area contributed by atoms with Gasteiger partial charge in [0.25, 0.3) is 0 Å². The molecule has 0 atom stereocenters. The van der Waals surface area contributed by atoms with Gasteiger partial charge in [0.15, 0.2) is 0 Å². The van der Waals surface area contributed by atoms with Crippen LogP contribution in [0, 0.1) is 5.92 Å². The van der Waals surface area contributed by atoms with Crippen molar-refractivity contribution >= 4 is 12.4 Å². The van der Waals surface area contributed by atoms with Crippen molar-refractivity contribution in [2.75, 3.05) is 20.1 Å². The van der Waals surface area contributed by atoms with Gasteiger partial charge in [0.05, 0.1) is 0 Å². The molecule has 1 rings (SSSR count). The largest absolute Gasteiger partial charge is 0.306 e. The first-order chi connectivity index (χ1) is 3.79. The Hall–Kier alpha value is 0.250. The maximum atomic E-state index is 2.40. The Balaban J connectivity index is 0.000000640. The van der Waals surface area contributed by atoms with Gasteiger partial charge < -0.3 is 4.90 Å². The highest BCUT2D eigenvalue weighted by atomic mass is 35.5. The first kappa shape index (κ1) is 9.25. The van der Waals surface area contributed by atoms with Gasteiger partial charge in [-0.25, -0.2) is 0 Å². The topological polar surface area (TPSA) is 3.24 Å². The lowest BCUT2D eigenvalue weighted by Crippen LogP contribution is -2.28. The summed E-state index contributed by atoms with van der Waals surface area (Å²) in [6.07, 6.45) is 2.80. The van der Waals surface area contributed by atoms with Crippen LogP contribution in [0.1, 0.15) is 19.8 Å². The summed E-state index contributed by atoms with van der Waals surface area (Å²) in [6.45, 7) is 4.95. The van der Waals surface area contributed by atoms with E-state index in [1.165, 1.54) is 25.9 Å². The molecular formula is C7H16ClN. The summed E-state index contributed by atoms with van der Waals surface area (Å²) in [5.74, 6) is 0.978. The van der Waals surface area contributed by atoms with Crippen LogP contribution in [0.15, 0.2) is 0 Å². The lowest BCUT2D eigenvalue weighted by atomic mass is 10.00. The number of hydrogen-bond donors (Lipinski definition) is 0. The van der Waals surface area contributed by atoms with E-state index in [4.69, 9.17) is 0 Å². The summed E-state index contributed by atoms with van der Waals surface area (Å²) >= 11 is 0. The van der Waals surface area contributed by atoms with Gasteiger partial charge in [-0.1, -0.05) is 6.92 Å². The van der Waals surface area contributed by atoms with E-state index in [1.807, 2.05) is 0 Å². The van der Waals surface area contributed by atoms with Crippen LogP contribution in [0.2, 0.25) is 0 Å². The molecule has 0 bridgehead atoms. The van der Waals surface area contributed by atoms with Crippen molar-refractivity contribution in [1.82, 2.24) is 4.90 Å². The molecule has 0 unspecified atom stereocenters. The zero-order chi connectivity index (χ0) is 5.98. The van der Waals surface area contributed by atoms with Crippen molar-refractivity contribution in [3.63, 3.8) is 0 Å². The first-order valence-electron chi connectivity index (χ1n) is 3.47. The number of rotatable bonds is 0. The van der Waals surface area contributed by atoms with Gasteiger partial charge >= 0.3 is 0 Å². The van der Waals surface area contributed by atoms with Gasteiger partial charge in [-0.05, 0) is 38.9 Å². The van der Waals surface area contributed by atoms with E-state index in [-0.39, 0.29) is 12.4 Å². The molecule has 2 heteroatoms. The van der Waals surface area contributed by atoms with Gasteiger partial charge in [-0.3, -0.25) is 0 Å². The monoisotopic (exact) mass is 149 g/mol. The zero-order valence-electron chi connectivity index (χ0n) is 6.26. The lowest BCUT2D eigenvalue weighted by molar-refractivity contribution is 0.230. The van der Waals surface area contributed by atoms with E-state index < -0.39 is 0 Å². The summed E-state index contributed by atoms with van der Waals surface area (Å²) in [5.41, 5.74) is 0. The van der Waals surface area contributed by atoms with Crippen LogP contribution in [-0.2, 0) is 0 Å². The minimum atomic E-state index is 0. The second kappa shape index (κ2) is 4.13. The second-order valence-corrected chi connectivity index (χ2v) is 2.99. The second-order valence-electron chi connectivity index (χ2n) is 2.99. The minimum absolute atomic E-state index is 0. The summed E-state index contributed by atoms with van der Waals surface area (Å²) in [4.78, 5) is 2.40. The smallest absolute Gasteiger partial charge is 0.00192 e. The molecule has 0 amide bonds. The van der Waals surface area contributed by atoms with E-state index in [2.05, 4.69) is 18.9 Å². The summed E-state index contributed by atoms with van der Waals surface area (Å²) in [6, 6.07) is 0. The molecule has 0 saturated carbocycles. The van der Waals surface area contributed by atoms with Crippen LogP contribution in [0.3, 0.4) is 0 Å². The SMILES string of the molecule is CC1CCN(C)CC1.Cl. The Kier molecular flexibility index (Phi) is 4.24. The number of halogens is 1. The summed E-state index contributed by atoms with van der Waals surface area (Å²) in [5, 5.41) is 0. The summed E-state index contributed by atoms with van der Waals surface area (Å²) in [7, 11) is 2.20. The van der Waals surface area contributed by atoms with Crippen molar-refractivity contribution < 1.29 is 0 Å². The maximum absolute atomic E-state index is 2.40. The Labute approximate surface area is 63.8 Å². The maximum Gasteiger partial charge on any atom is -0.00192 e. The highest BCUT2D eigenvalue weighted by Crippen LogP contribution is 2.13. The molecule has 1 fully saturated rings. The van der Waals surface area contributed by atoms with Gasteiger partial charge in [-0.15, -0.1) is 12.4 Å². The predicted octanol–water partition coefficient (Wildman–Crippen LogP) is 1.77. The Morgan fingerprint density at radius 1 is 1.22 bits per heavy atom. The molecule has 1 nitrogen and oxygen atoms in total. The van der Waals surface area contributed by atoms with Crippen molar-refractivity contribution in [2.24, 2.45) is 5.92 Å². The van der Waals surface area contributed by atoms with E-state index in [9.17, 15) is 0 Å². The molecule has 56 valence electrons. The van der Waals surface area contributed by atoms with Crippen LogP contribution >= 0.6 is 12.4 Å². The standard InChI is InChI=1S/C7H15N.ClH/c1-7-3-5-8(2)6-4-7;/h7H,3-6H2,1-2H3;1H. The fraction of sp³-hybridized carbons (Fsp3) is 1.00. The Morgan fingerprint density at radius 2 is 1.67 bits per heavy atom. The predicted molar refractivity (Wildman–Crippen MR) is 43.1 cm³/mol. The fourth-order valence-corrected chi connectivity index (χ4v) is 1.14. The van der Waals surface area contributed by atoms with Crippen molar-refractivity contribution in [1.29, 1.82) is 0 Å². The quantitative estimate of drug-likeness (QED) is 0.508. The highest BCUT2D eigenvalue weighted by molar-refractivity contribution is 5.85. The number of likely N-dealkylation sites (tertiary alicyclic amines) is 1. The Bertz CT molecular complexity index is 57.3.